The highest BCUT2D eigenvalue weighted by Crippen LogP contribution is 2.42. The number of rotatable bonds is 5. The molecule has 0 spiro atoms. The van der Waals surface area contributed by atoms with Crippen LogP contribution in [0, 0.1) is 0 Å². The third-order valence-corrected chi connectivity index (χ3v) is 5.91. The van der Waals surface area contributed by atoms with Crippen molar-refractivity contribution in [2.75, 3.05) is 25.7 Å². The number of benzene rings is 1. The van der Waals surface area contributed by atoms with E-state index in [0.717, 1.165) is 35.2 Å². The van der Waals surface area contributed by atoms with Gasteiger partial charge in [-0.2, -0.15) is 23.0 Å². The minimum atomic E-state index is -4.53. The van der Waals surface area contributed by atoms with Crippen LogP contribution >= 0.6 is 11.6 Å². The zero-order valence-corrected chi connectivity index (χ0v) is 18.5. The average Bonchev–Trinajstić information content (AvgIpc) is 3.29. The Hall–Kier alpha value is -3.27. The highest BCUT2D eigenvalue weighted by atomic mass is 35.5. The quantitative estimate of drug-likeness (QED) is 0.529. The number of ether oxygens (including phenoxy) is 2. The first-order chi connectivity index (χ1) is 15.7. The fraction of sp³-hybridized carbons (Fsp3) is 0.318. The molecule has 0 bridgehead atoms. The van der Waals surface area contributed by atoms with Gasteiger partial charge in [0.1, 0.15) is 16.5 Å². The molecule has 1 saturated heterocycles. The van der Waals surface area contributed by atoms with Gasteiger partial charge in [0, 0.05) is 24.4 Å². The molecular weight excluding hydrogens is 461 g/mol. The number of halogens is 4. The Morgan fingerprint density at radius 2 is 1.91 bits per heavy atom. The highest BCUT2D eigenvalue weighted by Gasteiger charge is 2.32. The van der Waals surface area contributed by atoms with E-state index in [0.29, 0.717) is 29.9 Å². The number of aromatic nitrogens is 3. The summed E-state index contributed by atoms with van der Waals surface area (Å²) in [6, 6.07) is 7.35. The largest absolute Gasteiger partial charge is 0.497 e. The fourth-order valence-corrected chi connectivity index (χ4v) is 4.18. The van der Waals surface area contributed by atoms with E-state index in [9.17, 15) is 18.0 Å². The van der Waals surface area contributed by atoms with E-state index in [2.05, 4.69) is 10.1 Å². The van der Waals surface area contributed by atoms with Gasteiger partial charge in [0.05, 0.1) is 37.7 Å². The molecule has 3 heterocycles. The van der Waals surface area contributed by atoms with Crippen molar-refractivity contribution in [3.05, 3.63) is 69.2 Å². The summed E-state index contributed by atoms with van der Waals surface area (Å²) in [6.07, 6.45) is -0.782. The zero-order chi connectivity index (χ0) is 23.8. The SMILES string of the molecule is COc1ccc(C2CCCN2c2cnn(-c3ccc(C(F)(F)F)cn3)c(=O)c2Cl)c(OC)c1. The van der Waals surface area contributed by atoms with Gasteiger partial charge < -0.3 is 14.4 Å². The molecule has 33 heavy (non-hydrogen) atoms. The van der Waals surface area contributed by atoms with Gasteiger partial charge in [0.25, 0.3) is 5.56 Å². The van der Waals surface area contributed by atoms with Crippen LogP contribution in [-0.2, 0) is 6.18 Å². The number of nitrogens with zero attached hydrogens (tertiary/aromatic N) is 4. The fourth-order valence-electron chi connectivity index (χ4n) is 3.94. The summed E-state index contributed by atoms with van der Waals surface area (Å²) < 4.78 is 50.1. The maximum absolute atomic E-state index is 12.9. The lowest BCUT2D eigenvalue weighted by Crippen LogP contribution is -2.29. The van der Waals surface area contributed by atoms with Crippen molar-refractivity contribution >= 4 is 17.3 Å². The lowest BCUT2D eigenvalue weighted by atomic mass is 10.0. The Bertz CT molecular complexity index is 1210. The molecule has 3 aromatic rings. The molecule has 0 aliphatic carbocycles. The molecule has 11 heteroatoms. The summed E-state index contributed by atoms with van der Waals surface area (Å²) in [5.41, 5.74) is -0.241. The number of methoxy groups -OCH3 is 2. The number of hydrogen-bond donors (Lipinski definition) is 0. The summed E-state index contributed by atoms with van der Waals surface area (Å²) in [7, 11) is 3.15. The third-order valence-electron chi connectivity index (χ3n) is 5.55. The molecule has 174 valence electrons. The van der Waals surface area contributed by atoms with E-state index in [1.807, 2.05) is 17.0 Å². The molecule has 2 aromatic heterocycles. The number of pyridine rings is 1. The molecule has 4 rings (SSSR count). The van der Waals surface area contributed by atoms with Crippen molar-refractivity contribution in [3.8, 4) is 17.3 Å². The van der Waals surface area contributed by atoms with Gasteiger partial charge in [0.15, 0.2) is 5.82 Å². The summed E-state index contributed by atoms with van der Waals surface area (Å²) in [4.78, 5) is 18.6. The minimum Gasteiger partial charge on any atom is -0.497 e. The van der Waals surface area contributed by atoms with Crippen LogP contribution in [0.15, 0.2) is 47.5 Å². The Morgan fingerprint density at radius 3 is 2.55 bits per heavy atom. The second kappa shape index (κ2) is 8.93. The lowest BCUT2D eigenvalue weighted by Gasteiger charge is -2.28. The van der Waals surface area contributed by atoms with Crippen LogP contribution < -0.4 is 19.9 Å². The van der Waals surface area contributed by atoms with Crippen molar-refractivity contribution < 1.29 is 22.6 Å². The van der Waals surface area contributed by atoms with Crippen molar-refractivity contribution in [2.45, 2.75) is 25.1 Å². The van der Waals surface area contributed by atoms with Gasteiger partial charge in [-0.25, -0.2) is 4.98 Å². The first-order valence-electron chi connectivity index (χ1n) is 10.0. The lowest BCUT2D eigenvalue weighted by molar-refractivity contribution is -0.137. The number of anilines is 1. The molecule has 0 N–H and O–H groups in total. The predicted molar refractivity (Wildman–Crippen MR) is 117 cm³/mol. The van der Waals surface area contributed by atoms with Gasteiger partial charge in [-0.3, -0.25) is 4.79 Å². The topological polar surface area (TPSA) is 69.5 Å². The molecule has 1 aliphatic heterocycles. The van der Waals surface area contributed by atoms with Crippen LogP contribution in [0.4, 0.5) is 18.9 Å². The molecule has 0 radical (unpaired) electrons. The maximum Gasteiger partial charge on any atom is 0.417 e. The van der Waals surface area contributed by atoms with Gasteiger partial charge in [-0.15, -0.1) is 0 Å². The van der Waals surface area contributed by atoms with Gasteiger partial charge in [-0.05, 0) is 37.1 Å². The van der Waals surface area contributed by atoms with E-state index in [4.69, 9.17) is 21.1 Å². The normalized spacial score (nSPS) is 16.2. The minimum absolute atomic E-state index is 0.0590. The summed E-state index contributed by atoms with van der Waals surface area (Å²) >= 11 is 6.43. The van der Waals surface area contributed by atoms with Crippen LogP contribution in [0.2, 0.25) is 5.02 Å². The molecule has 1 unspecified atom stereocenters. The average molecular weight is 481 g/mol. The highest BCUT2D eigenvalue weighted by molar-refractivity contribution is 6.33. The molecule has 0 saturated carbocycles. The van der Waals surface area contributed by atoms with Crippen LogP contribution in [0.25, 0.3) is 5.82 Å². The Kier molecular flexibility index (Phi) is 6.20. The van der Waals surface area contributed by atoms with Gasteiger partial charge >= 0.3 is 6.18 Å². The van der Waals surface area contributed by atoms with Crippen LogP contribution in [-0.4, -0.2) is 35.5 Å². The Balaban J connectivity index is 1.69. The Morgan fingerprint density at radius 1 is 1.12 bits per heavy atom. The Labute approximate surface area is 192 Å². The van der Waals surface area contributed by atoms with Crippen LogP contribution in [0.5, 0.6) is 11.5 Å². The van der Waals surface area contributed by atoms with Crippen molar-refractivity contribution in [1.82, 2.24) is 14.8 Å². The van der Waals surface area contributed by atoms with E-state index in [1.165, 1.54) is 6.20 Å². The van der Waals surface area contributed by atoms with Gasteiger partial charge in [-0.1, -0.05) is 11.6 Å². The molecular formula is C22H20ClF3N4O3. The van der Waals surface area contributed by atoms with E-state index in [-0.39, 0.29) is 16.9 Å². The monoisotopic (exact) mass is 480 g/mol. The maximum atomic E-state index is 12.9. The second-order valence-electron chi connectivity index (χ2n) is 7.42. The third kappa shape index (κ3) is 4.35. The zero-order valence-electron chi connectivity index (χ0n) is 17.8. The predicted octanol–water partition coefficient (Wildman–Crippen LogP) is 4.66. The van der Waals surface area contributed by atoms with Gasteiger partial charge in [0.2, 0.25) is 0 Å². The number of alkyl halides is 3. The van der Waals surface area contributed by atoms with Crippen molar-refractivity contribution in [1.29, 1.82) is 0 Å². The van der Waals surface area contributed by atoms with E-state index < -0.39 is 17.3 Å². The molecule has 1 aliphatic rings. The van der Waals surface area contributed by atoms with Crippen molar-refractivity contribution in [2.24, 2.45) is 0 Å². The van der Waals surface area contributed by atoms with E-state index in [1.54, 1.807) is 20.3 Å². The van der Waals surface area contributed by atoms with E-state index >= 15 is 0 Å². The summed E-state index contributed by atoms with van der Waals surface area (Å²) in [6.45, 7) is 0.642. The summed E-state index contributed by atoms with van der Waals surface area (Å²) in [5, 5.41) is 4.04. The second-order valence-corrected chi connectivity index (χ2v) is 7.80. The van der Waals surface area contributed by atoms with Crippen LogP contribution in [0.1, 0.15) is 30.0 Å². The number of hydrogen-bond acceptors (Lipinski definition) is 6. The first-order valence-corrected chi connectivity index (χ1v) is 10.4. The molecule has 7 nitrogen and oxygen atoms in total. The molecule has 1 aromatic carbocycles. The molecule has 0 amide bonds. The molecule has 1 atom stereocenters. The summed E-state index contributed by atoms with van der Waals surface area (Å²) in [5.74, 6) is 1.25. The molecule has 1 fully saturated rings. The van der Waals surface area contributed by atoms with Crippen LogP contribution in [0.3, 0.4) is 0 Å². The standard InChI is InChI=1S/C22H20ClF3N4O3/c1-32-14-6-7-15(18(10-14)33-2)16-4-3-9-29(16)17-12-28-30(21(31)20(17)23)19-8-5-13(11-27-19)22(24,25)26/h5-8,10-12,16H,3-4,9H2,1-2H3. The van der Waals surface area contributed by atoms with Crippen molar-refractivity contribution in [3.63, 3.8) is 0 Å². The first kappa shape index (κ1) is 22.9. The smallest absolute Gasteiger partial charge is 0.417 e.